The maximum Gasteiger partial charge on any atom is 0.357 e. The summed E-state index contributed by atoms with van der Waals surface area (Å²) in [7, 11) is 1.67. The van der Waals surface area contributed by atoms with Gasteiger partial charge in [-0.3, -0.25) is 0 Å². The lowest BCUT2D eigenvalue weighted by molar-refractivity contribution is -0.162. The van der Waals surface area contributed by atoms with Crippen molar-refractivity contribution in [3.05, 3.63) is 35.9 Å². The Morgan fingerprint density at radius 3 is 2.91 bits per heavy atom. The third-order valence-electron chi connectivity index (χ3n) is 5.07. The Morgan fingerprint density at radius 1 is 1.30 bits per heavy atom. The van der Waals surface area contributed by atoms with E-state index in [9.17, 15) is 4.79 Å². The molecule has 23 heavy (non-hydrogen) atoms. The Morgan fingerprint density at radius 2 is 2.13 bits per heavy atom. The van der Waals surface area contributed by atoms with E-state index < -0.39 is 11.4 Å². The van der Waals surface area contributed by atoms with Crippen LogP contribution in [0.5, 0.6) is 0 Å². The Hall–Kier alpha value is -1.92. The Kier molecular flexibility index (Phi) is 3.58. The van der Waals surface area contributed by atoms with E-state index in [1.165, 1.54) is 0 Å². The van der Waals surface area contributed by atoms with Crippen molar-refractivity contribution in [1.29, 1.82) is 0 Å². The summed E-state index contributed by atoms with van der Waals surface area (Å²) in [6.45, 7) is 0.798. The average molecular weight is 317 g/mol. The van der Waals surface area contributed by atoms with Crippen molar-refractivity contribution in [3.8, 4) is 0 Å². The van der Waals surface area contributed by atoms with E-state index in [0.29, 0.717) is 31.8 Å². The molecule has 1 saturated carbocycles. The summed E-state index contributed by atoms with van der Waals surface area (Å²) >= 11 is 0. The Bertz CT molecular complexity index is 631. The number of nitrogens with zero attached hydrogens (tertiary/aromatic N) is 1. The summed E-state index contributed by atoms with van der Waals surface area (Å²) in [5, 5.41) is 3.93. The van der Waals surface area contributed by atoms with Crippen molar-refractivity contribution in [2.24, 2.45) is 10.6 Å². The quantitative estimate of drug-likeness (QED) is 0.791. The standard InChI is InChI=1S/C17H19NO5/c1-20-12-7-13(21-9-11-5-3-2-4-6-11)17-10-22-18-15(17)16(19)23-14(17)8-12/h2-6,12-14H,7-10H2,1H3. The zero-order chi connectivity index (χ0) is 15.9. The number of carbonyl (C=O) groups excluding carboxylic acids is 1. The lowest BCUT2D eigenvalue weighted by Crippen LogP contribution is -2.55. The predicted octanol–water partition coefficient (Wildman–Crippen LogP) is 1.68. The predicted molar refractivity (Wildman–Crippen MR) is 80.8 cm³/mol. The largest absolute Gasteiger partial charge is 0.456 e. The monoisotopic (exact) mass is 317 g/mol. The summed E-state index contributed by atoms with van der Waals surface area (Å²) in [5.74, 6) is -0.391. The maximum absolute atomic E-state index is 12.1. The Balaban J connectivity index is 1.60. The molecule has 0 N–H and O–H groups in total. The van der Waals surface area contributed by atoms with Crippen molar-refractivity contribution in [3.63, 3.8) is 0 Å². The number of esters is 1. The molecule has 0 aromatic heterocycles. The number of hydrogen-bond donors (Lipinski definition) is 0. The average Bonchev–Trinajstić information content (AvgIpc) is 3.12. The van der Waals surface area contributed by atoms with Crippen molar-refractivity contribution in [1.82, 2.24) is 0 Å². The van der Waals surface area contributed by atoms with Gasteiger partial charge in [0.05, 0.1) is 18.8 Å². The molecule has 6 heteroatoms. The number of hydrogen-bond acceptors (Lipinski definition) is 6. The third kappa shape index (κ3) is 2.24. The molecular weight excluding hydrogens is 298 g/mol. The van der Waals surface area contributed by atoms with Gasteiger partial charge in [-0.2, -0.15) is 0 Å². The normalized spacial score (nSPS) is 35.1. The molecule has 1 aromatic rings. The van der Waals surface area contributed by atoms with Gasteiger partial charge in [-0.15, -0.1) is 0 Å². The molecule has 2 fully saturated rings. The second-order valence-corrected chi connectivity index (χ2v) is 6.26. The first kappa shape index (κ1) is 14.7. The van der Waals surface area contributed by atoms with Gasteiger partial charge in [-0.25, -0.2) is 4.79 Å². The van der Waals surface area contributed by atoms with Gasteiger partial charge in [0.2, 0.25) is 0 Å². The smallest absolute Gasteiger partial charge is 0.357 e. The number of ether oxygens (including phenoxy) is 3. The van der Waals surface area contributed by atoms with Crippen molar-refractivity contribution < 1.29 is 23.8 Å². The highest BCUT2D eigenvalue weighted by Crippen LogP contribution is 2.49. The van der Waals surface area contributed by atoms with Crippen molar-refractivity contribution in [2.75, 3.05) is 13.7 Å². The number of carbonyl (C=O) groups is 1. The van der Waals surface area contributed by atoms with E-state index in [2.05, 4.69) is 5.16 Å². The minimum atomic E-state index is -0.596. The number of rotatable bonds is 4. The molecule has 2 aliphatic heterocycles. The third-order valence-corrected chi connectivity index (χ3v) is 5.07. The second kappa shape index (κ2) is 5.62. The summed E-state index contributed by atoms with van der Waals surface area (Å²) < 4.78 is 17.2. The zero-order valence-corrected chi connectivity index (χ0v) is 12.9. The van der Waals surface area contributed by atoms with Crippen LogP contribution in [0.2, 0.25) is 0 Å². The second-order valence-electron chi connectivity index (χ2n) is 6.26. The fourth-order valence-corrected chi connectivity index (χ4v) is 3.80. The summed E-state index contributed by atoms with van der Waals surface area (Å²) in [6, 6.07) is 9.96. The molecule has 2 heterocycles. The van der Waals surface area contributed by atoms with Gasteiger partial charge in [-0.05, 0) is 5.56 Å². The first-order valence-electron chi connectivity index (χ1n) is 7.84. The van der Waals surface area contributed by atoms with Crippen LogP contribution in [0.4, 0.5) is 0 Å². The van der Waals surface area contributed by atoms with Crippen LogP contribution in [0.1, 0.15) is 18.4 Å². The SMILES string of the molecule is COC1CC(OCc2ccccc2)C23CON=C2C(=O)OC3C1. The number of oxime groups is 1. The first-order chi connectivity index (χ1) is 11.2. The van der Waals surface area contributed by atoms with Crippen LogP contribution in [0.15, 0.2) is 35.5 Å². The molecule has 1 spiro atoms. The van der Waals surface area contributed by atoms with Gasteiger partial charge >= 0.3 is 5.97 Å². The molecule has 3 aliphatic rings. The van der Waals surface area contributed by atoms with Gasteiger partial charge in [0.15, 0.2) is 5.71 Å². The molecule has 6 nitrogen and oxygen atoms in total. The van der Waals surface area contributed by atoms with Crippen LogP contribution in [-0.2, 0) is 30.4 Å². The molecule has 0 amide bonds. The number of methoxy groups -OCH3 is 1. The molecule has 1 aliphatic carbocycles. The van der Waals surface area contributed by atoms with Gasteiger partial charge in [0.1, 0.15) is 18.1 Å². The lowest BCUT2D eigenvalue weighted by atomic mass is 9.68. The molecular formula is C17H19NO5. The minimum absolute atomic E-state index is 0.000789. The fraction of sp³-hybridized carbons (Fsp3) is 0.529. The van der Waals surface area contributed by atoms with Crippen LogP contribution in [0.25, 0.3) is 0 Å². The molecule has 1 aromatic carbocycles. The van der Waals surface area contributed by atoms with Crippen LogP contribution >= 0.6 is 0 Å². The van der Waals surface area contributed by atoms with Gasteiger partial charge in [-0.1, -0.05) is 35.5 Å². The van der Waals surface area contributed by atoms with Crippen LogP contribution in [0, 0.1) is 5.41 Å². The van der Waals surface area contributed by atoms with Crippen LogP contribution < -0.4 is 0 Å². The van der Waals surface area contributed by atoms with Crippen molar-refractivity contribution in [2.45, 2.75) is 37.8 Å². The molecule has 4 rings (SSSR count). The molecule has 0 radical (unpaired) electrons. The number of benzene rings is 1. The van der Waals surface area contributed by atoms with Crippen LogP contribution in [-0.4, -0.2) is 43.7 Å². The minimum Gasteiger partial charge on any atom is -0.456 e. The van der Waals surface area contributed by atoms with E-state index in [1.807, 2.05) is 30.3 Å². The zero-order valence-electron chi connectivity index (χ0n) is 12.9. The van der Waals surface area contributed by atoms with E-state index in [0.717, 1.165) is 5.56 Å². The van der Waals surface area contributed by atoms with Crippen molar-refractivity contribution >= 4 is 11.7 Å². The van der Waals surface area contributed by atoms with E-state index in [-0.39, 0.29) is 18.3 Å². The highest BCUT2D eigenvalue weighted by Gasteiger charge is 2.66. The highest BCUT2D eigenvalue weighted by molar-refractivity contribution is 6.41. The Labute approximate surface area is 134 Å². The summed E-state index contributed by atoms with van der Waals surface area (Å²) in [5.41, 5.74) is 0.860. The topological polar surface area (TPSA) is 66.3 Å². The fourth-order valence-electron chi connectivity index (χ4n) is 3.80. The summed E-state index contributed by atoms with van der Waals surface area (Å²) in [4.78, 5) is 17.4. The van der Waals surface area contributed by atoms with Crippen LogP contribution in [0.3, 0.4) is 0 Å². The maximum atomic E-state index is 12.1. The van der Waals surface area contributed by atoms with E-state index in [4.69, 9.17) is 19.0 Å². The molecule has 0 bridgehead atoms. The summed E-state index contributed by atoms with van der Waals surface area (Å²) in [6.07, 6.45) is 0.822. The first-order valence-corrected chi connectivity index (χ1v) is 7.84. The van der Waals surface area contributed by atoms with Gasteiger partial charge in [0, 0.05) is 20.0 Å². The molecule has 1 saturated heterocycles. The van der Waals surface area contributed by atoms with Gasteiger partial charge < -0.3 is 19.0 Å². The molecule has 122 valence electrons. The highest BCUT2D eigenvalue weighted by atomic mass is 16.7. The van der Waals surface area contributed by atoms with Gasteiger partial charge in [0.25, 0.3) is 0 Å². The van der Waals surface area contributed by atoms with E-state index >= 15 is 0 Å². The molecule has 4 atom stereocenters. The lowest BCUT2D eigenvalue weighted by Gasteiger charge is -2.42. The molecule has 4 unspecified atom stereocenters. The van der Waals surface area contributed by atoms with E-state index in [1.54, 1.807) is 7.11 Å².